The van der Waals surface area contributed by atoms with Gasteiger partial charge in [-0.05, 0) is 64.4 Å². The molecule has 9 heteroatoms. The van der Waals surface area contributed by atoms with Crippen LogP contribution in [0.4, 0.5) is 14.5 Å². The Morgan fingerprint density at radius 3 is 2.45 bits per heavy atom. The van der Waals surface area contributed by atoms with Crippen LogP contribution < -0.4 is 10.2 Å². The Morgan fingerprint density at radius 1 is 0.975 bits per heavy atom. The fraction of sp³-hybridized carbons (Fsp3) is 0.258. The number of aromatic nitrogens is 4. The lowest BCUT2D eigenvalue weighted by atomic mass is 9.80. The molecule has 206 valence electrons. The van der Waals surface area contributed by atoms with Crippen molar-refractivity contribution >= 4 is 28.9 Å². The smallest absolute Gasteiger partial charge is 0.204 e. The molecule has 6 rings (SSSR count). The predicted molar refractivity (Wildman–Crippen MR) is 157 cm³/mol. The zero-order chi connectivity index (χ0) is 26.8. The minimum absolute atomic E-state index is 0. The van der Waals surface area contributed by atoms with Crippen molar-refractivity contribution in [3.05, 3.63) is 108 Å². The van der Waals surface area contributed by atoms with E-state index in [4.69, 9.17) is 0 Å². The maximum Gasteiger partial charge on any atom is 0.204 e. The highest BCUT2D eigenvalue weighted by Crippen LogP contribution is 2.38. The number of benzene rings is 4. The first-order chi connectivity index (χ1) is 19.1. The molecule has 0 amide bonds. The van der Waals surface area contributed by atoms with E-state index in [9.17, 15) is 0 Å². The van der Waals surface area contributed by atoms with Gasteiger partial charge in [0.2, 0.25) is 5.82 Å². The van der Waals surface area contributed by atoms with Crippen molar-refractivity contribution in [2.45, 2.75) is 25.3 Å². The van der Waals surface area contributed by atoms with Crippen molar-refractivity contribution in [1.29, 1.82) is 0 Å². The maximum absolute atomic E-state index is 15.3. The normalized spacial score (nSPS) is 17.9. The Labute approximate surface area is 238 Å². The molecule has 40 heavy (non-hydrogen) atoms. The highest BCUT2D eigenvalue weighted by molar-refractivity contribution is 5.86. The van der Waals surface area contributed by atoms with Crippen molar-refractivity contribution in [1.82, 2.24) is 25.9 Å². The zero-order valence-electron chi connectivity index (χ0n) is 22.1. The Morgan fingerprint density at radius 2 is 1.70 bits per heavy atom. The largest absolute Gasteiger partial charge is 0.366 e. The molecule has 5 aromatic rings. The zero-order valence-corrected chi connectivity index (χ0v) is 22.9. The van der Waals surface area contributed by atoms with Gasteiger partial charge in [0.1, 0.15) is 17.3 Å². The van der Waals surface area contributed by atoms with E-state index in [1.807, 2.05) is 11.0 Å². The molecule has 4 aromatic carbocycles. The van der Waals surface area contributed by atoms with Crippen LogP contribution in [0.1, 0.15) is 36.4 Å². The molecule has 2 N–H and O–H groups in total. The van der Waals surface area contributed by atoms with Crippen LogP contribution in [0, 0.1) is 17.6 Å². The molecule has 0 bridgehead atoms. The minimum Gasteiger partial charge on any atom is -0.366 e. The first-order valence-corrected chi connectivity index (χ1v) is 13.3. The summed E-state index contributed by atoms with van der Waals surface area (Å²) >= 11 is 0. The maximum atomic E-state index is 15.3. The van der Waals surface area contributed by atoms with Crippen LogP contribution in [-0.2, 0) is 0 Å². The van der Waals surface area contributed by atoms with Crippen molar-refractivity contribution < 1.29 is 8.78 Å². The van der Waals surface area contributed by atoms with Gasteiger partial charge >= 0.3 is 0 Å². The molecular formula is C31H31ClF2N6. The molecule has 6 nitrogen and oxygen atoms in total. The van der Waals surface area contributed by atoms with Gasteiger partial charge in [-0.15, -0.1) is 22.6 Å². The average molecular weight is 561 g/mol. The van der Waals surface area contributed by atoms with E-state index in [0.717, 1.165) is 6.42 Å². The Hall–Kier alpha value is -3.88. The number of hydrogen-bond donors (Lipinski definition) is 2. The number of piperidine rings is 1. The number of rotatable bonds is 7. The molecule has 0 aliphatic carbocycles. The van der Waals surface area contributed by atoms with Crippen LogP contribution in [0.2, 0.25) is 0 Å². The summed E-state index contributed by atoms with van der Waals surface area (Å²) in [6.07, 6.45) is 0.796. The molecule has 2 unspecified atom stereocenters. The van der Waals surface area contributed by atoms with Gasteiger partial charge in [0.15, 0.2) is 0 Å². The number of H-pyrrole nitrogens is 1. The SMILES string of the molecule is C[C@@H](NCC1CN(c2c(F)cc(-c3nn[nH]n3)cc2F)CCC1c1ccccc1)c1cccc2ccccc12.Cl. The molecule has 0 radical (unpaired) electrons. The van der Waals surface area contributed by atoms with Crippen molar-refractivity contribution in [3.63, 3.8) is 0 Å². The summed E-state index contributed by atoms with van der Waals surface area (Å²) in [6, 6.07) is 27.9. The van der Waals surface area contributed by atoms with Gasteiger partial charge in [0, 0.05) is 31.2 Å². The van der Waals surface area contributed by atoms with Crippen LogP contribution in [0.25, 0.3) is 22.2 Å². The lowest BCUT2D eigenvalue weighted by Crippen LogP contribution is -2.44. The highest BCUT2D eigenvalue weighted by atomic mass is 35.5. The fourth-order valence-electron chi connectivity index (χ4n) is 5.93. The number of hydrogen-bond acceptors (Lipinski definition) is 5. The number of anilines is 1. The van der Waals surface area contributed by atoms with E-state index in [0.29, 0.717) is 19.6 Å². The summed E-state index contributed by atoms with van der Waals surface area (Å²) in [5, 5.41) is 19.7. The number of nitrogens with one attached hydrogen (secondary N) is 2. The Balaban J connectivity index is 0.00000323. The van der Waals surface area contributed by atoms with E-state index in [-0.39, 0.29) is 47.4 Å². The number of nitrogens with zero attached hydrogens (tertiary/aromatic N) is 4. The third kappa shape index (κ3) is 5.55. The fourth-order valence-corrected chi connectivity index (χ4v) is 5.93. The van der Waals surface area contributed by atoms with Crippen molar-refractivity contribution in [2.24, 2.45) is 5.92 Å². The Bertz CT molecular complexity index is 1530. The van der Waals surface area contributed by atoms with Crippen LogP contribution in [-0.4, -0.2) is 40.3 Å². The van der Waals surface area contributed by atoms with Crippen LogP contribution in [0.15, 0.2) is 84.9 Å². The second kappa shape index (κ2) is 12.1. The summed E-state index contributed by atoms with van der Waals surface area (Å²) in [7, 11) is 0. The van der Waals surface area contributed by atoms with Crippen LogP contribution >= 0.6 is 12.4 Å². The molecule has 2 heterocycles. The molecule has 1 aliphatic heterocycles. The van der Waals surface area contributed by atoms with Crippen molar-refractivity contribution in [2.75, 3.05) is 24.5 Å². The average Bonchev–Trinajstić information content (AvgIpc) is 3.51. The van der Waals surface area contributed by atoms with Crippen LogP contribution in [0.3, 0.4) is 0 Å². The first-order valence-electron chi connectivity index (χ1n) is 13.3. The third-order valence-corrected chi connectivity index (χ3v) is 7.87. The van der Waals surface area contributed by atoms with Gasteiger partial charge in [-0.1, -0.05) is 72.8 Å². The van der Waals surface area contributed by atoms with Gasteiger partial charge in [-0.3, -0.25) is 0 Å². The summed E-state index contributed by atoms with van der Waals surface area (Å²) in [4.78, 5) is 1.85. The molecule has 0 saturated carbocycles. The predicted octanol–water partition coefficient (Wildman–Crippen LogP) is 6.68. The molecule has 1 saturated heterocycles. The highest BCUT2D eigenvalue weighted by Gasteiger charge is 2.33. The quantitative estimate of drug-likeness (QED) is 0.232. The van der Waals surface area contributed by atoms with Crippen molar-refractivity contribution in [3.8, 4) is 11.4 Å². The summed E-state index contributed by atoms with van der Waals surface area (Å²) in [6.45, 7) is 3.98. The van der Waals surface area contributed by atoms with Crippen LogP contribution in [0.5, 0.6) is 0 Å². The molecule has 3 atom stereocenters. The number of halogens is 3. The van der Waals surface area contributed by atoms with Gasteiger partial charge in [0.05, 0.1) is 0 Å². The molecule has 0 spiro atoms. The van der Waals surface area contributed by atoms with Gasteiger partial charge in [0.25, 0.3) is 0 Å². The standard InChI is InChI=1S/C31H30F2N6.ClH/c1-20(25-13-7-11-22-10-5-6-12-27(22)25)34-18-24-19-39(15-14-26(24)21-8-3-2-4-9-21)30-28(32)16-23(17-29(30)33)31-35-37-38-36-31;/h2-13,16-17,20,24,26,34H,14-15,18-19H2,1H3,(H,35,36,37,38);1H/t20-,24?,26?;/m1./s1. The first kappa shape index (κ1) is 27.7. The molecular weight excluding hydrogens is 530 g/mol. The molecule has 1 aromatic heterocycles. The van der Waals surface area contributed by atoms with E-state index in [1.54, 1.807) is 0 Å². The Kier molecular flexibility index (Phi) is 8.38. The molecule has 1 aliphatic rings. The number of tetrazole rings is 1. The topological polar surface area (TPSA) is 69.7 Å². The number of fused-ring (bicyclic) bond motifs is 1. The summed E-state index contributed by atoms with van der Waals surface area (Å²) < 4.78 is 30.7. The molecule has 1 fully saturated rings. The van der Waals surface area contributed by atoms with Gasteiger partial charge in [-0.25, -0.2) is 8.78 Å². The van der Waals surface area contributed by atoms with E-state index < -0.39 is 11.6 Å². The second-order valence-electron chi connectivity index (χ2n) is 10.2. The van der Waals surface area contributed by atoms with E-state index >= 15 is 8.78 Å². The lowest BCUT2D eigenvalue weighted by molar-refractivity contribution is 0.327. The second-order valence-corrected chi connectivity index (χ2v) is 10.2. The number of aromatic amines is 1. The lowest BCUT2D eigenvalue weighted by Gasteiger charge is -2.41. The minimum atomic E-state index is -0.621. The van der Waals surface area contributed by atoms with E-state index in [2.05, 4.69) is 99.6 Å². The monoisotopic (exact) mass is 560 g/mol. The van der Waals surface area contributed by atoms with Gasteiger partial charge < -0.3 is 10.2 Å². The summed E-state index contributed by atoms with van der Waals surface area (Å²) in [5.74, 6) is -0.659. The van der Waals surface area contributed by atoms with Gasteiger partial charge in [-0.2, -0.15) is 5.21 Å². The third-order valence-electron chi connectivity index (χ3n) is 7.87. The van der Waals surface area contributed by atoms with E-state index in [1.165, 1.54) is 34.0 Å². The summed E-state index contributed by atoms with van der Waals surface area (Å²) in [5.41, 5.74) is 2.76.